The summed E-state index contributed by atoms with van der Waals surface area (Å²) >= 11 is 0. The smallest absolute Gasteiger partial charge is 0.225 e. The molecule has 2 aromatic rings. The first-order valence-corrected chi connectivity index (χ1v) is 7.05. The lowest BCUT2D eigenvalue weighted by molar-refractivity contribution is 0.463. The SMILES string of the molecule is Cc1cc(F)ccc1C1CCCCN1c1ncccn1. The molecule has 0 spiro atoms. The van der Waals surface area contributed by atoms with E-state index in [-0.39, 0.29) is 11.9 Å². The summed E-state index contributed by atoms with van der Waals surface area (Å²) < 4.78 is 13.3. The zero-order valence-corrected chi connectivity index (χ0v) is 11.6. The molecule has 1 aliphatic heterocycles. The van der Waals surface area contributed by atoms with Crippen molar-refractivity contribution in [2.24, 2.45) is 0 Å². The molecule has 3 rings (SSSR count). The predicted octanol–water partition coefficient (Wildman–Crippen LogP) is 3.66. The van der Waals surface area contributed by atoms with Crippen molar-refractivity contribution in [3.05, 3.63) is 53.6 Å². The van der Waals surface area contributed by atoms with Gasteiger partial charge in [0.05, 0.1) is 6.04 Å². The maximum absolute atomic E-state index is 13.3. The van der Waals surface area contributed by atoms with Crippen LogP contribution in [0.2, 0.25) is 0 Å². The van der Waals surface area contributed by atoms with E-state index in [4.69, 9.17) is 0 Å². The number of piperidine rings is 1. The highest BCUT2D eigenvalue weighted by atomic mass is 19.1. The van der Waals surface area contributed by atoms with Gasteiger partial charge in [0.1, 0.15) is 5.82 Å². The topological polar surface area (TPSA) is 29.0 Å². The van der Waals surface area contributed by atoms with E-state index < -0.39 is 0 Å². The van der Waals surface area contributed by atoms with Gasteiger partial charge in [0.2, 0.25) is 5.95 Å². The third-order valence-corrected chi connectivity index (χ3v) is 3.90. The lowest BCUT2D eigenvalue weighted by Gasteiger charge is -2.36. The molecule has 1 aliphatic rings. The Morgan fingerprint density at radius 1 is 1.20 bits per heavy atom. The first kappa shape index (κ1) is 13.0. The van der Waals surface area contributed by atoms with Crippen molar-refractivity contribution in [2.45, 2.75) is 32.2 Å². The Hall–Kier alpha value is -1.97. The Kier molecular flexibility index (Phi) is 3.63. The molecule has 1 aromatic carbocycles. The Labute approximate surface area is 118 Å². The van der Waals surface area contributed by atoms with E-state index in [9.17, 15) is 4.39 Å². The molecule has 20 heavy (non-hydrogen) atoms. The molecule has 0 amide bonds. The van der Waals surface area contributed by atoms with E-state index in [2.05, 4.69) is 14.9 Å². The average Bonchev–Trinajstić information content (AvgIpc) is 2.48. The summed E-state index contributed by atoms with van der Waals surface area (Å²) in [6, 6.07) is 7.11. The van der Waals surface area contributed by atoms with Gasteiger partial charge in [-0.2, -0.15) is 0 Å². The highest BCUT2D eigenvalue weighted by molar-refractivity contribution is 5.40. The van der Waals surface area contributed by atoms with Crippen LogP contribution in [-0.4, -0.2) is 16.5 Å². The molecule has 1 saturated heterocycles. The number of benzene rings is 1. The van der Waals surface area contributed by atoms with E-state index in [0.29, 0.717) is 0 Å². The zero-order valence-electron chi connectivity index (χ0n) is 11.6. The van der Waals surface area contributed by atoms with Crippen LogP contribution in [0.3, 0.4) is 0 Å². The van der Waals surface area contributed by atoms with E-state index in [1.54, 1.807) is 24.5 Å². The van der Waals surface area contributed by atoms with Crippen molar-refractivity contribution in [3.8, 4) is 0 Å². The Morgan fingerprint density at radius 3 is 2.75 bits per heavy atom. The van der Waals surface area contributed by atoms with Crippen LogP contribution in [0, 0.1) is 12.7 Å². The van der Waals surface area contributed by atoms with Crippen LogP contribution in [0.25, 0.3) is 0 Å². The number of hydrogen-bond donors (Lipinski definition) is 0. The maximum atomic E-state index is 13.3. The molecule has 1 atom stereocenters. The maximum Gasteiger partial charge on any atom is 0.225 e. The van der Waals surface area contributed by atoms with Crippen LogP contribution in [0.15, 0.2) is 36.7 Å². The summed E-state index contributed by atoms with van der Waals surface area (Å²) in [6.45, 7) is 2.92. The summed E-state index contributed by atoms with van der Waals surface area (Å²) in [4.78, 5) is 11.0. The minimum absolute atomic E-state index is 0.176. The fourth-order valence-corrected chi connectivity index (χ4v) is 2.95. The van der Waals surface area contributed by atoms with E-state index in [1.165, 1.54) is 12.0 Å². The lowest BCUT2D eigenvalue weighted by Crippen LogP contribution is -2.35. The van der Waals surface area contributed by atoms with Crippen molar-refractivity contribution < 1.29 is 4.39 Å². The molecule has 1 unspecified atom stereocenters. The number of rotatable bonds is 2. The monoisotopic (exact) mass is 271 g/mol. The number of aryl methyl sites for hydroxylation is 1. The van der Waals surface area contributed by atoms with Gasteiger partial charge in [0, 0.05) is 18.9 Å². The molecule has 1 aromatic heterocycles. The molecular formula is C16H18FN3. The molecule has 4 heteroatoms. The summed E-state index contributed by atoms with van der Waals surface area (Å²) in [5, 5.41) is 0. The third kappa shape index (κ3) is 2.50. The van der Waals surface area contributed by atoms with E-state index >= 15 is 0 Å². The van der Waals surface area contributed by atoms with Gasteiger partial charge >= 0.3 is 0 Å². The first-order valence-electron chi connectivity index (χ1n) is 7.05. The minimum atomic E-state index is -0.176. The second-order valence-electron chi connectivity index (χ2n) is 5.25. The van der Waals surface area contributed by atoms with Crippen LogP contribution in [0.5, 0.6) is 0 Å². The summed E-state index contributed by atoms with van der Waals surface area (Å²) in [6.07, 6.45) is 6.93. The fourth-order valence-electron chi connectivity index (χ4n) is 2.95. The highest BCUT2D eigenvalue weighted by Crippen LogP contribution is 2.34. The molecule has 0 radical (unpaired) electrons. The molecule has 3 nitrogen and oxygen atoms in total. The van der Waals surface area contributed by atoms with E-state index in [0.717, 1.165) is 30.9 Å². The summed E-state index contributed by atoms with van der Waals surface area (Å²) in [5.74, 6) is 0.588. The molecule has 0 saturated carbocycles. The average molecular weight is 271 g/mol. The Bertz CT molecular complexity index is 586. The van der Waals surface area contributed by atoms with Crippen LogP contribution >= 0.6 is 0 Å². The van der Waals surface area contributed by atoms with Crippen LogP contribution in [-0.2, 0) is 0 Å². The predicted molar refractivity (Wildman–Crippen MR) is 77.1 cm³/mol. The second-order valence-corrected chi connectivity index (χ2v) is 5.25. The molecule has 0 bridgehead atoms. The molecular weight excluding hydrogens is 253 g/mol. The molecule has 0 aliphatic carbocycles. The normalized spacial score (nSPS) is 19.1. The third-order valence-electron chi connectivity index (χ3n) is 3.90. The standard InChI is InChI=1S/C16H18FN3/c1-12-11-13(17)6-7-14(12)15-5-2-3-10-20(15)16-18-8-4-9-19-16/h4,6-9,11,15H,2-3,5,10H2,1H3. The molecule has 0 N–H and O–H groups in total. The largest absolute Gasteiger partial charge is 0.334 e. The quantitative estimate of drug-likeness (QED) is 0.834. The van der Waals surface area contributed by atoms with E-state index in [1.807, 2.05) is 19.1 Å². The van der Waals surface area contributed by atoms with Gasteiger partial charge in [0.25, 0.3) is 0 Å². The van der Waals surface area contributed by atoms with Crippen molar-refractivity contribution in [3.63, 3.8) is 0 Å². The Balaban J connectivity index is 1.97. The van der Waals surface area contributed by atoms with Crippen molar-refractivity contribution >= 4 is 5.95 Å². The second kappa shape index (κ2) is 5.57. The molecule has 104 valence electrons. The lowest BCUT2D eigenvalue weighted by atomic mass is 9.92. The van der Waals surface area contributed by atoms with Crippen LogP contribution in [0.4, 0.5) is 10.3 Å². The highest BCUT2D eigenvalue weighted by Gasteiger charge is 2.26. The van der Waals surface area contributed by atoms with Gasteiger partial charge in [-0.15, -0.1) is 0 Å². The van der Waals surface area contributed by atoms with Gasteiger partial charge in [-0.1, -0.05) is 6.07 Å². The van der Waals surface area contributed by atoms with Gasteiger partial charge < -0.3 is 4.90 Å². The minimum Gasteiger partial charge on any atom is -0.334 e. The summed E-state index contributed by atoms with van der Waals surface area (Å²) in [5.41, 5.74) is 2.18. The van der Waals surface area contributed by atoms with Gasteiger partial charge in [0.15, 0.2) is 0 Å². The Morgan fingerprint density at radius 2 is 2.00 bits per heavy atom. The zero-order chi connectivity index (χ0) is 13.9. The van der Waals surface area contributed by atoms with Crippen LogP contribution < -0.4 is 4.90 Å². The van der Waals surface area contributed by atoms with Gasteiger partial charge in [-0.05, 0) is 55.5 Å². The number of hydrogen-bond acceptors (Lipinski definition) is 3. The molecule has 2 heterocycles. The van der Waals surface area contributed by atoms with Gasteiger partial charge in [-0.3, -0.25) is 0 Å². The number of halogens is 1. The van der Waals surface area contributed by atoms with Crippen molar-refractivity contribution in [1.29, 1.82) is 0 Å². The number of nitrogens with zero attached hydrogens (tertiary/aromatic N) is 3. The summed E-state index contributed by atoms with van der Waals surface area (Å²) in [7, 11) is 0. The van der Waals surface area contributed by atoms with Crippen molar-refractivity contribution in [2.75, 3.05) is 11.4 Å². The number of anilines is 1. The fraction of sp³-hybridized carbons (Fsp3) is 0.375. The van der Waals surface area contributed by atoms with Crippen LogP contribution in [0.1, 0.15) is 36.4 Å². The molecule has 1 fully saturated rings. The first-order chi connectivity index (χ1) is 9.75. The number of aromatic nitrogens is 2. The van der Waals surface area contributed by atoms with Crippen molar-refractivity contribution in [1.82, 2.24) is 9.97 Å². The van der Waals surface area contributed by atoms with Gasteiger partial charge in [-0.25, -0.2) is 14.4 Å².